The first-order valence-corrected chi connectivity index (χ1v) is 17.2. The first-order valence-electron chi connectivity index (χ1n) is 14.2. The molecular weight excluding hydrogens is 580 g/mol. The lowest BCUT2D eigenvalue weighted by Crippen LogP contribution is -2.47. The van der Waals surface area contributed by atoms with E-state index in [-0.39, 0.29) is 42.9 Å². The molecule has 0 aliphatic carbocycles. The number of piperidine rings is 1. The van der Waals surface area contributed by atoms with Gasteiger partial charge >= 0.3 is 0 Å². The summed E-state index contributed by atoms with van der Waals surface area (Å²) >= 11 is 0. The molecule has 0 aromatic heterocycles. The topological polar surface area (TPSA) is 131 Å². The molecule has 10 nitrogen and oxygen atoms in total. The van der Waals surface area contributed by atoms with Crippen molar-refractivity contribution < 1.29 is 36.2 Å². The molecule has 42 heavy (non-hydrogen) atoms. The molecule has 226 valence electrons. The van der Waals surface area contributed by atoms with Gasteiger partial charge in [0.25, 0.3) is 0 Å². The zero-order valence-corrected chi connectivity index (χ0v) is 24.9. The van der Waals surface area contributed by atoms with Crippen molar-refractivity contribution in [2.45, 2.75) is 52.1 Å². The minimum atomic E-state index is -3.60. The molecule has 3 aromatic carbocycles. The second-order valence-corrected chi connectivity index (χ2v) is 15.5. The fraction of sp³-hybridized carbons (Fsp3) is 0.467. The van der Waals surface area contributed by atoms with Crippen molar-refractivity contribution >= 4 is 30.6 Å². The van der Waals surface area contributed by atoms with Crippen LogP contribution in [0.4, 0.5) is 0 Å². The first kappa shape index (κ1) is 29.5. The van der Waals surface area contributed by atoms with E-state index in [0.29, 0.717) is 43.2 Å². The van der Waals surface area contributed by atoms with Crippen LogP contribution in [0, 0.1) is 0 Å². The molecular formula is C30H36N2O8S2. The number of sulfone groups is 1. The SMILES string of the molecule is O=S(=O)(c1cccc(OCC(O)CNC2COC3(CCN(S(=O)(=O)c4ccc5ccccc5c4)CC3)C2)c1)C1COC1. The van der Waals surface area contributed by atoms with Crippen LogP contribution in [0.25, 0.3) is 10.8 Å². The summed E-state index contributed by atoms with van der Waals surface area (Å²) in [7, 11) is -7.06. The monoisotopic (exact) mass is 616 g/mol. The molecule has 0 radical (unpaired) electrons. The van der Waals surface area contributed by atoms with Gasteiger partial charge in [0, 0.05) is 25.7 Å². The Balaban J connectivity index is 0.967. The van der Waals surface area contributed by atoms with Crippen molar-refractivity contribution in [3.05, 3.63) is 66.7 Å². The summed E-state index contributed by atoms with van der Waals surface area (Å²) in [6.07, 6.45) is 1.14. The normalized spacial score (nSPS) is 22.3. The lowest BCUT2D eigenvalue weighted by molar-refractivity contribution is -0.0312. The van der Waals surface area contributed by atoms with Crippen LogP contribution in [-0.4, -0.2) is 95.3 Å². The number of sulfonamides is 1. The summed E-state index contributed by atoms with van der Waals surface area (Å²) in [6, 6.07) is 19.3. The summed E-state index contributed by atoms with van der Waals surface area (Å²) in [5.74, 6) is 0.379. The van der Waals surface area contributed by atoms with E-state index in [4.69, 9.17) is 14.2 Å². The van der Waals surface area contributed by atoms with Gasteiger partial charge in [0.2, 0.25) is 10.0 Å². The standard InChI is InChI=1S/C30H36N2O8S2/c33-25(19-39-26-6-3-7-27(15-26)41(34,35)29-20-38-21-29)17-31-24-16-30(40-18-24)10-12-32(13-11-30)42(36,37)28-9-8-22-4-1-2-5-23(22)14-28/h1-9,14-15,24-25,29,31,33H,10-13,16-21H2. The minimum absolute atomic E-state index is 0.00333. The van der Waals surface area contributed by atoms with Gasteiger partial charge in [-0.15, -0.1) is 0 Å². The lowest BCUT2D eigenvalue weighted by atomic mass is 9.88. The lowest BCUT2D eigenvalue weighted by Gasteiger charge is -2.38. The van der Waals surface area contributed by atoms with Crippen molar-refractivity contribution in [2.24, 2.45) is 0 Å². The molecule has 3 aliphatic heterocycles. The molecule has 0 saturated carbocycles. The number of aliphatic hydroxyl groups is 1. The van der Waals surface area contributed by atoms with Crippen molar-refractivity contribution in [1.29, 1.82) is 0 Å². The quantitative estimate of drug-likeness (QED) is 0.352. The Labute approximate surface area is 246 Å². The number of nitrogens with zero attached hydrogens (tertiary/aromatic N) is 1. The maximum atomic E-state index is 13.4. The number of ether oxygens (including phenoxy) is 3. The molecule has 2 unspecified atom stereocenters. The predicted molar refractivity (Wildman–Crippen MR) is 157 cm³/mol. The van der Waals surface area contributed by atoms with Crippen LogP contribution in [0.2, 0.25) is 0 Å². The Kier molecular flexibility index (Phi) is 8.31. The Hall–Kier alpha value is -2.58. The predicted octanol–water partition coefficient (Wildman–Crippen LogP) is 2.35. The Morgan fingerprint density at radius 2 is 1.69 bits per heavy atom. The maximum absolute atomic E-state index is 13.4. The van der Waals surface area contributed by atoms with Gasteiger partial charge in [-0.2, -0.15) is 4.31 Å². The van der Waals surface area contributed by atoms with Gasteiger partial charge in [0.15, 0.2) is 9.84 Å². The molecule has 0 bridgehead atoms. The molecule has 3 aromatic rings. The van der Waals surface area contributed by atoms with Crippen molar-refractivity contribution in [1.82, 2.24) is 9.62 Å². The van der Waals surface area contributed by atoms with Crippen LogP contribution in [0.3, 0.4) is 0 Å². The van der Waals surface area contributed by atoms with E-state index in [0.717, 1.165) is 17.2 Å². The van der Waals surface area contributed by atoms with Crippen LogP contribution in [0.15, 0.2) is 76.5 Å². The third-order valence-electron chi connectivity index (χ3n) is 8.47. The van der Waals surface area contributed by atoms with Gasteiger partial charge in [-0.1, -0.05) is 36.4 Å². The van der Waals surface area contributed by atoms with Gasteiger partial charge in [-0.3, -0.25) is 0 Å². The zero-order chi connectivity index (χ0) is 29.4. The summed E-state index contributed by atoms with van der Waals surface area (Å²) in [4.78, 5) is 0.493. The fourth-order valence-electron chi connectivity index (χ4n) is 5.82. The van der Waals surface area contributed by atoms with E-state index in [2.05, 4.69) is 5.32 Å². The van der Waals surface area contributed by atoms with E-state index >= 15 is 0 Å². The fourth-order valence-corrected chi connectivity index (χ4v) is 8.78. The van der Waals surface area contributed by atoms with E-state index in [1.807, 2.05) is 30.3 Å². The smallest absolute Gasteiger partial charge is 0.243 e. The van der Waals surface area contributed by atoms with Crippen molar-refractivity contribution in [2.75, 3.05) is 46.1 Å². The van der Waals surface area contributed by atoms with Crippen LogP contribution in [0.1, 0.15) is 19.3 Å². The largest absolute Gasteiger partial charge is 0.491 e. The van der Waals surface area contributed by atoms with E-state index in [1.165, 1.54) is 12.1 Å². The maximum Gasteiger partial charge on any atom is 0.243 e. The first-order chi connectivity index (χ1) is 20.1. The van der Waals surface area contributed by atoms with Crippen LogP contribution in [-0.2, 0) is 29.3 Å². The molecule has 3 saturated heterocycles. The van der Waals surface area contributed by atoms with E-state index < -0.39 is 31.2 Å². The highest BCUT2D eigenvalue weighted by molar-refractivity contribution is 7.92. The van der Waals surface area contributed by atoms with Crippen LogP contribution in [0.5, 0.6) is 5.75 Å². The number of hydrogen-bond donors (Lipinski definition) is 2. The summed E-state index contributed by atoms with van der Waals surface area (Å²) in [5.41, 5.74) is -0.383. The Morgan fingerprint density at radius 3 is 2.43 bits per heavy atom. The number of fused-ring (bicyclic) bond motifs is 1. The van der Waals surface area contributed by atoms with E-state index in [9.17, 15) is 21.9 Å². The molecule has 1 spiro atoms. The molecule has 6 rings (SSSR count). The number of nitrogens with one attached hydrogen (secondary N) is 1. The highest BCUT2D eigenvalue weighted by Crippen LogP contribution is 2.37. The highest BCUT2D eigenvalue weighted by Gasteiger charge is 2.44. The zero-order valence-electron chi connectivity index (χ0n) is 23.2. The molecule has 0 amide bonds. The van der Waals surface area contributed by atoms with Crippen molar-refractivity contribution in [3.63, 3.8) is 0 Å². The minimum Gasteiger partial charge on any atom is -0.491 e. The Morgan fingerprint density at radius 1 is 0.929 bits per heavy atom. The average Bonchev–Trinajstić information content (AvgIpc) is 3.36. The van der Waals surface area contributed by atoms with Gasteiger partial charge < -0.3 is 24.6 Å². The second-order valence-electron chi connectivity index (χ2n) is 11.4. The Bertz CT molecular complexity index is 1630. The molecule has 3 fully saturated rings. The number of rotatable bonds is 10. The summed E-state index contributed by atoms with van der Waals surface area (Å²) in [5, 5.41) is 15.2. The number of aliphatic hydroxyl groups excluding tert-OH is 1. The molecule has 3 aliphatic rings. The second kappa shape index (κ2) is 11.8. The van der Waals surface area contributed by atoms with Crippen molar-refractivity contribution in [3.8, 4) is 5.75 Å². The number of benzene rings is 3. The average molecular weight is 617 g/mol. The van der Waals surface area contributed by atoms with Gasteiger partial charge in [0.1, 0.15) is 23.7 Å². The van der Waals surface area contributed by atoms with Gasteiger partial charge in [-0.25, -0.2) is 16.8 Å². The highest BCUT2D eigenvalue weighted by atomic mass is 32.2. The molecule has 3 heterocycles. The van der Waals surface area contributed by atoms with Gasteiger partial charge in [-0.05, 0) is 60.4 Å². The third-order valence-corrected chi connectivity index (χ3v) is 12.4. The summed E-state index contributed by atoms with van der Waals surface area (Å²) in [6.45, 7) is 1.95. The van der Waals surface area contributed by atoms with E-state index in [1.54, 1.807) is 28.6 Å². The van der Waals surface area contributed by atoms with Crippen LogP contribution < -0.4 is 10.1 Å². The molecule has 12 heteroatoms. The third kappa shape index (κ3) is 6.07. The number of hydrogen-bond acceptors (Lipinski definition) is 9. The molecule has 2 atom stereocenters. The van der Waals surface area contributed by atoms with Gasteiger partial charge in [0.05, 0.1) is 35.2 Å². The summed E-state index contributed by atoms with van der Waals surface area (Å²) < 4.78 is 70.4. The van der Waals surface area contributed by atoms with Crippen LogP contribution >= 0.6 is 0 Å². The molecule has 2 N–H and O–H groups in total.